The van der Waals surface area contributed by atoms with Crippen LogP contribution in [0.2, 0.25) is 0 Å². The molecule has 32 heavy (non-hydrogen) atoms. The molecule has 162 valence electrons. The van der Waals surface area contributed by atoms with Gasteiger partial charge in [-0.25, -0.2) is 9.59 Å². The van der Waals surface area contributed by atoms with Crippen molar-refractivity contribution in [1.29, 1.82) is 0 Å². The van der Waals surface area contributed by atoms with Crippen molar-refractivity contribution in [2.45, 2.75) is 25.6 Å². The molecule has 2 N–H and O–H groups in total. The van der Waals surface area contributed by atoms with E-state index in [-0.39, 0.29) is 0 Å². The summed E-state index contributed by atoms with van der Waals surface area (Å²) < 4.78 is 11.2. The highest BCUT2D eigenvalue weighted by atomic mass is 16.6. The molecular formula is C25H22N2O5. The van der Waals surface area contributed by atoms with E-state index in [1.807, 2.05) is 18.2 Å². The molecule has 0 spiro atoms. The third-order valence-corrected chi connectivity index (χ3v) is 5.24. The van der Waals surface area contributed by atoms with E-state index in [0.29, 0.717) is 28.9 Å². The van der Waals surface area contributed by atoms with Crippen LogP contribution in [0.4, 0.5) is 16.2 Å². The number of carbonyl (C=O) groups is 3. The smallest absolute Gasteiger partial charge is 0.352 e. The number of anilines is 2. The van der Waals surface area contributed by atoms with Crippen LogP contribution in [-0.2, 0) is 25.5 Å². The van der Waals surface area contributed by atoms with Gasteiger partial charge in [0.05, 0.1) is 11.4 Å². The topological polar surface area (TPSA) is 98.9 Å². The molecule has 0 saturated carbocycles. The van der Waals surface area contributed by atoms with Gasteiger partial charge in [-0.05, 0) is 17.7 Å². The molecule has 0 fully saturated rings. The van der Waals surface area contributed by atoms with Crippen molar-refractivity contribution < 1.29 is 23.9 Å². The Morgan fingerprint density at radius 2 is 1.53 bits per heavy atom. The van der Waals surface area contributed by atoms with Gasteiger partial charge in [-0.2, -0.15) is 0 Å². The van der Waals surface area contributed by atoms with Gasteiger partial charge in [-0.3, -0.25) is 9.69 Å². The molecule has 1 heterocycles. The summed E-state index contributed by atoms with van der Waals surface area (Å²) >= 11 is 0. The van der Waals surface area contributed by atoms with E-state index in [9.17, 15) is 14.4 Å². The summed E-state index contributed by atoms with van der Waals surface area (Å²) in [4.78, 5) is 38.6. The van der Waals surface area contributed by atoms with Crippen molar-refractivity contribution in [2.24, 2.45) is 5.73 Å². The van der Waals surface area contributed by atoms with E-state index in [1.165, 1.54) is 11.8 Å². The van der Waals surface area contributed by atoms with Gasteiger partial charge in [0.2, 0.25) is 6.10 Å². The van der Waals surface area contributed by atoms with Crippen molar-refractivity contribution in [3.8, 4) is 0 Å². The summed E-state index contributed by atoms with van der Waals surface area (Å²) in [6.45, 7) is 1.24. The number of carbonyl (C=O) groups excluding carboxylic acids is 3. The minimum absolute atomic E-state index is 0.324. The monoisotopic (exact) mass is 430 g/mol. The zero-order valence-electron chi connectivity index (χ0n) is 17.4. The molecule has 0 aromatic heterocycles. The fourth-order valence-corrected chi connectivity index (χ4v) is 3.90. The van der Waals surface area contributed by atoms with E-state index < -0.39 is 30.2 Å². The van der Waals surface area contributed by atoms with Gasteiger partial charge in [0.15, 0.2) is 0 Å². The first-order chi connectivity index (χ1) is 15.5. The molecule has 1 aliphatic rings. The van der Waals surface area contributed by atoms with E-state index in [0.717, 1.165) is 5.56 Å². The number of para-hydroxylation sites is 2. The van der Waals surface area contributed by atoms with Crippen LogP contribution in [0.3, 0.4) is 0 Å². The van der Waals surface area contributed by atoms with Crippen LogP contribution in [0.25, 0.3) is 0 Å². The van der Waals surface area contributed by atoms with Gasteiger partial charge in [0.1, 0.15) is 6.10 Å². The van der Waals surface area contributed by atoms with Crippen molar-refractivity contribution >= 4 is 29.3 Å². The van der Waals surface area contributed by atoms with Crippen molar-refractivity contribution in [3.05, 3.63) is 95.6 Å². The van der Waals surface area contributed by atoms with Crippen LogP contribution < -0.4 is 10.6 Å². The van der Waals surface area contributed by atoms with Crippen LogP contribution in [-0.4, -0.2) is 18.0 Å². The van der Waals surface area contributed by atoms with Gasteiger partial charge < -0.3 is 15.2 Å². The Labute approximate surface area is 185 Å². The lowest BCUT2D eigenvalue weighted by atomic mass is 10.0. The van der Waals surface area contributed by atoms with E-state index in [4.69, 9.17) is 15.2 Å². The first-order valence-electron chi connectivity index (χ1n) is 10.1. The highest BCUT2D eigenvalue weighted by Crippen LogP contribution is 2.41. The first-order valence-corrected chi connectivity index (χ1v) is 10.1. The number of primary amides is 1. The maximum atomic E-state index is 13.2. The molecule has 0 saturated heterocycles. The van der Waals surface area contributed by atoms with Gasteiger partial charge in [0, 0.05) is 24.5 Å². The second-order valence-corrected chi connectivity index (χ2v) is 7.39. The number of hydrogen-bond donors (Lipinski definition) is 1. The molecule has 0 radical (unpaired) electrons. The second-order valence-electron chi connectivity index (χ2n) is 7.39. The standard InChI is InChI=1S/C25H22N2O5/c1-16(28)31-23(17-9-3-2-4-10-17)24(29)32-22-15-18-11-5-7-13-20(18)27(25(26)30)21-14-8-6-12-19(21)22/h2-14,22-23H,15H2,1H3,(H2,26,30)/t22?,23-/m0/s1. The number of ether oxygens (including phenoxy) is 2. The Balaban J connectivity index is 1.74. The molecular weight excluding hydrogens is 408 g/mol. The van der Waals surface area contributed by atoms with Crippen molar-refractivity contribution in [1.82, 2.24) is 0 Å². The Morgan fingerprint density at radius 3 is 2.22 bits per heavy atom. The molecule has 2 atom stereocenters. The summed E-state index contributed by atoms with van der Waals surface area (Å²) in [6, 6.07) is 22.5. The lowest BCUT2D eigenvalue weighted by molar-refractivity contribution is -0.171. The SMILES string of the molecule is CC(=O)O[C@H](C(=O)OC1Cc2ccccc2N(C(N)=O)c2ccccc21)c1ccccc1. The predicted octanol–water partition coefficient (Wildman–Crippen LogP) is 4.35. The van der Waals surface area contributed by atoms with Crippen molar-refractivity contribution in [3.63, 3.8) is 0 Å². The Morgan fingerprint density at radius 1 is 0.906 bits per heavy atom. The molecule has 1 aliphatic heterocycles. The Kier molecular flexibility index (Phi) is 5.89. The summed E-state index contributed by atoms with van der Waals surface area (Å²) in [5, 5.41) is 0. The van der Waals surface area contributed by atoms with Crippen molar-refractivity contribution in [2.75, 3.05) is 4.90 Å². The molecule has 7 heteroatoms. The number of amides is 2. The fourth-order valence-electron chi connectivity index (χ4n) is 3.90. The average Bonchev–Trinajstić information content (AvgIpc) is 2.92. The quantitative estimate of drug-likeness (QED) is 0.621. The number of hydrogen-bond acceptors (Lipinski definition) is 5. The van der Waals surface area contributed by atoms with Crippen LogP contribution in [0.1, 0.15) is 35.8 Å². The molecule has 3 aromatic carbocycles. The fraction of sp³-hybridized carbons (Fsp3) is 0.160. The third kappa shape index (κ3) is 4.18. The molecule has 0 bridgehead atoms. The number of fused-ring (bicyclic) bond motifs is 2. The van der Waals surface area contributed by atoms with Crippen LogP contribution in [0.15, 0.2) is 78.9 Å². The summed E-state index contributed by atoms with van der Waals surface area (Å²) in [5.74, 6) is -1.29. The molecule has 1 unspecified atom stereocenters. The average molecular weight is 430 g/mol. The Hall–Kier alpha value is -4.13. The van der Waals surface area contributed by atoms with Gasteiger partial charge in [0.25, 0.3) is 0 Å². The zero-order valence-corrected chi connectivity index (χ0v) is 17.4. The largest absolute Gasteiger partial charge is 0.454 e. The summed E-state index contributed by atoms with van der Waals surface area (Å²) in [6.07, 6.45) is -1.60. The molecule has 0 aliphatic carbocycles. The summed E-state index contributed by atoms with van der Waals surface area (Å²) in [7, 11) is 0. The second kappa shape index (κ2) is 8.93. The van der Waals surface area contributed by atoms with E-state index in [2.05, 4.69) is 0 Å². The number of nitrogens with two attached hydrogens (primary N) is 1. The number of urea groups is 1. The maximum Gasteiger partial charge on any atom is 0.352 e. The maximum absolute atomic E-state index is 13.2. The van der Waals surface area contributed by atoms with Gasteiger partial charge in [-0.1, -0.05) is 66.7 Å². The highest BCUT2D eigenvalue weighted by Gasteiger charge is 2.34. The van der Waals surface area contributed by atoms with E-state index >= 15 is 0 Å². The van der Waals surface area contributed by atoms with Crippen LogP contribution >= 0.6 is 0 Å². The number of rotatable bonds is 4. The molecule has 2 amide bonds. The van der Waals surface area contributed by atoms with Crippen LogP contribution in [0, 0.1) is 0 Å². The van der Waals surface area contributed by atoms with E-state index in [1.54, 1.807) is 60.7 Å². The number of esters is 2. The third-order valence-electron chi connectivity index (χ3n) is 5.24. The lowest BCUT2D eigenvalue weighted by Crippen LogP contribution is -2.32. The van der Waals surface area contributed by atoms with Gasteiger partial charge >= 0.3 is 18.0 Å². The Bertz CT molecular complexity index is 1160. The normalized spacial score (nSPS) is 15.5. The number of nitrogens with zero attached hydrogens (tertiary/aromatic N) is 1. The molecule has 7 nitrogen and oxygen atoms in total. The molecule has 3 aromatic rings. The zero-order chi connectivity index (χ0) is 22.7. The number of benzene rings is 3. The highest BCUT2D eigenvalue weighted by molar-refractivity contribution is 6.00. The lowest BCUT2D eigenvalue weighted by Gasteiger charge is -2.24. The van der Waals surface area contributed by atoms with Gasteiger partial charge in [-0.15, -0.1) is 0 Å². The summed E-state index contributed by atoms with van der Waals surface area (Å²) in [5.41, 5.74) is 8.81. The predicted molar refractivity (Wildman–Crippen MR) is 118 cm³/mol. The molecule has 4 rings (SSSR count). The minimum atomic E-state index is -1.20. The first kappa shape index (κ1) is 21.1. The minimum Gasteiger partial charge on any atom is -0.454 e. The van der Waals surface area contributed by atoms with Crippen LogP contribution in [0.5, 0.6) is 0 Å².